The molecule has 2 unspecified atom stereocenters. The number of esters is 1. The fourth-order valence-electron chi connectivity index (χ4n) is 3.25. The summed E-state index contributed by atoms with van der Waals surface area (Å²) in [5.74, 6) is 3.00. The van der Waals surface area contributed by atoms with Gasteiger partial charge in [0.1, 0.15) is 23.0 Å². The third kappa shape index (κ3) is 4.82. The van der Waals surface area contributed by atoms with Crippen molar-refractivity contribution in [1.29, 1.82) is 0 Å². The van der Waals surface area contributed by atoms with Crippen LogP contribution in [-0.4, -0.2) is 20.2 Å². The quantitative estimate of drug-likeness (QED) is 0.299. The molecule has 1 aromatic rings. The number of carbonyl (C=O) groups excluding carboxylic acids is 1. The number of methoxy groups -OCH3 is 2. The molecule has 0 N–H and O–H groups in total. The first kappa shape index (κ1) is 20.4. The van der Waals surface area contributed by atoms with Crippen molar-refractivity contribution in [3.8, 4) is 11.5 Å². The van der Waals surface area contributed by atoms with Crippen molar-refractivity contribution in [2.24, 2.45) is 11.8 Å². The zero-order valence-corrected chi connectivity index (χ0v) is 16.4. The zero-order valence-electron chi connectivity index (χ0n) is 16.4. The Labute approximate surface area is 160 Å². The third-order valence-corrected chi connectivity index (χ3v) is 4.36. The molecule has 0 aliphatic heterocycles. The minimum atomic E-state index is -0.361. The van der Waals surface area contributed by atoms with Gasteiger partial charge < -0.3 is 18.9 Å². The molecule has 2 rings (SSSR count). The highest BCUT2D eigenvalue weighted by Crippen LogP contribution is 2.40. The fourth-order valence-corrected chi connectivity index (χ4v) is 3.25. The van der Waals surface area contributed by atoms with Gasteiger partial charge in [0.25, 0.3) is 0 Å². The SMILES string of the molecule is C=C/C=C(/Oc1ccc(OC(C)=O)cc1)C1C(C)=CC(OC)=C(OC)C1C. The van der Waals surface area contributed by atoms with Crippen LogP contribution in [0.2, 0.25) is 0 Å². The van der Waals surface area contributed by atoms with Crippen LogP contribution in [0.25, 0.3) is 0 Å². The summed E-state index contributed by atoms with van der Waals surface area (Å²) >= 11 is 0. The molecule has 5 nitrogen and oxygen atoms in total. The number of allylic oxidation sites excluding steroid dienone is 5. The second-order valence-corrected chi connectivity index (χ2v) is 6.26. The van der Waals surface area contributed by atoms with Crippen molar-refractivity contribution < 1.29 is 23.7 Å². The van der Waals surface area contributed by atoms with E-state index in [1.165, 1.54) is 6.92 Å². The predicted octanol–water partition coefficient (Wildman–Crippen LogP) is 4.78. The van der Waals surface area contributed by atoms with Gasteiger partial charge in [0.15, 0.2) is 5.76 Å². The number of hydrogen-bond donors (Lipinski definition) is 0. The molecule has 1 aromatic carbocycles. The van der Waals surface area contributed by atoms with Crippen molar-refractivity contribution >= 4 is 5.97 Å². The lowest BCUT2D eigenvalue weighted by Crippen LogP contribution is -2.26. The van der Waals surface area contributed by atoms with Crippen LogP contribution in [0.15, 0.2) is 71.9 Å². The van der Waals surface area contributed by atoms with E-state index in [4.69, 9.17) is 18.9 Å². The minimum Gasteiger partial charge on any atom is -0.497 e. The number of ether oxygens (including phenoxy) is 4. The molecular formula is C22H26O5. The smallest absolute Gasteiger partial charge is 0.308 e. The van der Waals surface area contributed by atoms with E-state index >= 15 is 0 Å². The van der Waals surface area contributed by atoms with Gasteiger partial charge in [-0.1, -0.05) is 25.2 Å². The summed E-state index contributed by atoms with van der Waals surface area (Å²) in [4.78, 5) is 11.0. The fraction of sp³-hybridized carbons (Fsp3) is 0.318. The van der Waals surface area contributed by atoms with Gasteiger partial charge in [-0.25, -0.2) is 0 Å². The van der Waals surface area contributed by atoms with Crippen LogP contribution in [0.3, 0.4) is 0 Å². The molecule has 2 atom stereocenters. The molecule has 27 heavy (non-hydrogen) atoms. The molecule has 0 aromatic heterocycles. The van der Waals surface area contributed by atoms with Crippen molar-refractivity contribution in [2.75, 3.05) is 14.2 Å². The standard InChI is InChI=1S/C22H26O5/c1-7-8-19(27-18-11-9-17(10-12-18)26-16(4)23)21-14(2)13-20(24-5)22(25-6)15(21)3/h7-13,15,21H,1H2,2-6H3/b19-8+. The van der Waals surface area contributed by atoms with Crippen LogP contribution >= 0.6 is 0 Å². The molecule has 0 saturated carbocycles. The minimum absolute atomic E-state index is 0.0232. The van der Waals surface area contributed by atoms with E-state index < -0.39 is 0 Å². The Hall–Kier alpha value is -2.95. The molecule has 5 heteroatoms. The summed E-state index contributed by atoms with van der Waals surface area (Å²) in [7, 11) is 3.27. The van der Waals surface area contributed by atoms with Crippen LogP contribution in [0.4, 0.5) is 0 Å². The van der Waals surface area contributed by atoms with Gasteiger partial charge in [-0.15, -0.1) is 0 Å². The van der Waals surface area contributed by atoms with Crippen LogP contribution in [0, 0.1) is 11.8 Å². The zero-order chi connectivity index (χ0) is 20.0. The number of hydrogen-bond acceptors (Lipinski definition) is 5. The predicted molar refractivity (Wildman–Crippen MR) is 104 cm³/mol. The highest BCUT2D eigenvalue weighted by atomic mass is 16.5. The summed E-state index contributed by atoms with van der Waals surface area (Å²) in [5.41, 5.74) is 1.10. The van der Waals surface area contributed by atoms with Gasteiger partial charge >= 0.3 is 5.97 Å². The number of benzene rings is 1. The Morgan fingerprint density at radius 2 is 1.67 bits per heavy atom. The topological polar surface area (TPSA) is 54.0 Å². The highest BCUT2D eigenvalue weighted by Gasteiger charge is 2.34. The maximum Gasteiger partial charge on any atom is 0.308 e. The van der Waals surface area contributed by atoms with Crippen molar-refractivity contribution in [2.45, 2.75) is 20.8 Å². The van der Waals surface area contributed by atoms with Crippen LogP contribution < -0.4 is 9.47 Å². The average molecular weight is 370 g/mol. The van der Waals surface area contributed by atoms with Gasteiger partial charge in [0.2, 0.25) is 0 Å². The van der Waals surface area contributed by atoms with E-state index in [-0.39, 0.29) is 17.8 Å². The van der Waals surface area contributed by atoms with Gasteiger partial charge in [0.05, 0.1) is 14.2 Å². The average Bonchev–Trinajstić information content (AvgIpc) is 2.62. The largest absolute Gasteiger partial charge is 0.497 e. The molecule has 0 saturated heterocycles. The molecule has 0 radical (unpaired) electrons. The second-order valence-electron chi connectivity index (χ2n) is 6.26. The lowest BCUT2D eigenvalue weighted by atomic mass is 9.80. The van der Waals surface area contributed by atoms with Crippen LogP contribution in [0.5, 0.6) is 11.5 Å². The molecular weight excluding hydrogens is 344 g/mol. The maximum absolute atomic E-state index is 11.0. The molecule has 144 valence electrons. The van der Waals surface area contributed by atoms with E-state index in [1.54, 1.807) is 44.6 Å². The van der Waals surface area contributed by atoms with E-state index in [0.29, 0.717) is 11.5 Å². The molecule has 1 aliphatic rings. The lowest BCUT2D eigenvalue weighted by molar-refractivity contribution is -0.131. The summed E-state index contributed by atoms with van der Waals surface area (Å²) in [5, 5.41) is 0. The first-order valence-electron chi connectivity index (χ1n) is 8.70. The van der Waals surface area contributed by atoms with Gasteiger partial charge in [-0.3, -0.25) is 4.79 Å². The second kappa shape index (κ2) is 9.12. The molecule has 0 heterocycles. The Morgan fingerprint density at radius 3 is 2.15 bits per heavy atom. The van der Waals surface area contributed by atoms with Gasteiger partial charge in [-0.05, 0) is 43.3 Å². The highest BCUT2D eigenvalue weighted by molar-refractivity contribution is 5.69. The molecule has 0 fully saturated rings. The molecule has 0 spiro atoms. The van der Waals surface area contributed by atoms with E-state index in [1.807, 2.05) is 19.1 Å². The Kier molecular flexibility index (Phi) is 6.88. The number of carbonyl (C=O) groups is 1. The maximum atomic E-state index is 11.0. The summed E-state index contributed by atoms with van der Waals surface area (Å²) < 4.78 is 22.2. The first-order chi connectivity index (χ1) is 12.9. The monoisotopic (exact) mass is 370 g/mol. The third-order valence-electron chi connectivity index (χ3n) is 4.36. The Balaban J connectivity index is 2.29. The van der Waals surface area contributed by atoms with Crippen molar-refractivity contribution in [3.63, 3.8) is 0 Å². The van der Waals surface area contributed by atoms with E-state index in [9.17, 15) is 4.79 Å². The van der Waals surface area contributed by atoms with Crippen LogP contribution in [0.1, 0.15) is 20.8 Å². The summed E-state index contributed by atoms with van der Waals surface area (Å²) in [6, 6.07) is 6.91. The van der Waals surface area contributed by atoms with Gasteiger partial charge in [-0.2, -0.15) is 0 Å². The van der Waals surface area contributed by atoms with Crippen molar-refractivity contribution in [3.05, 3.63) is 71.9 Å². The normalized spacial score (nSPS) is 19.9. The summed E-state index contributed by atoms with van der Waals surface area (Å²) in [6.45, 7) is 9.28. The first-order valence-corrected chi connectivity index (χ1v) is 8.70. The van der Waals surface area contributed by atoms with E-state index in [0.717, 1.165) is 22.9 Å². The Morgan fingerprint density at radius 1 is 1.07 bits per heavy atom. The molecule has 1 aliphatic carbocycles. The van der Waals surface area contributed by atoms with E-state index in [2.05, 4.69) is 13.5 Å². The lowest BCUT2D eigenvalue weighted by Gasteiger charge is -2.32. The molecule has 0 amide bonds. The van der Waals surface area contributed by atoms with Crippen molar-refractivity contribution in [1.82, 2.24) is 0 Å². The Bertz CT molecular complexity index is 783. The summed E-state index contributed by atoms with van der Waals surface area (Å²) in [6.07, 6.45) is 5.52. The molecule has 0 bridgehead atoms. The van der Waals surface area contributed by atoms with Crippen LogP contribution in [-0.2, 0) is 14.3 Å². The van der Waals surface area contributed by atoms with Gasteiger partial charge in [0, 0.05) is 18.8 Å². The number of rotatable bonds is 7.